The molecule has 7 nitrogen and oxygen atoms in total. The summed E-state index contributed by atoms with van der Waals surface area (Å²) in [6, 6.07) is 16.3. The van der Waals surface area contributed by atoms with Crippen molar-refractivity contribution in [2.45, 2.75) is 17.3 Å². The summed E-state index contributed by atoms with van der Waals surface area (Å²) < 4.78 is 67.3. The Morgan fingerprint density at radius 2 is 1.47 bits per heavy atom. The van der Waals surface area contributed by atoms with Crippen molar-refractivity contribution in [2.24, 2.45) is 0 Å². The Kier molecular flexibility index (Phi) is 7.26. The summed E-state index contributed by atoms with van der Waals surface area (Å²) in [5.74, 6) is -0.953. The molecule has 0 bridgehead atoms. The number of ether oxygens (including phenoxy) is 1. The van der Waals surface area contributed by atoms with Crippen LogP contribution in [0.3, 0.4) is 0 Å². The molecule has 3 aromatic rings. The molecule has 178 valence electrons. The van der Waals surface area contributed by atoms with Crippen molar-refractivity contribution in [3.63, 3.8) is 0 Å². The first kappa shape index (κ1) is 24.8. The Morgan fingerprint density at radius 1 is 0.853 bits per heavy atom. The van der Waals surface area contributed by atoms with Gasteiger partial charge >= 0.3 is 5.51 Å². The molecule has 11 heteroatoms. The molecule has 0 saturated carbocycles. The molecule has 3 rings (SSSR count). The van der Waals surface area contributed by atoms with E-state index in [2.05, 4.69) is 10.6 Å². The van der Waals surface area contributed by atoms with Crippen LogP contribution in [0.1, 0.15) is 27.6 Å². The highest BCUT2D eigenvalue weighted by Crippen LogP contribution is 2.31. The van der Waals surface area contributed by atoms with Gasteiger partial charge in [0.25, 0.3) is 21.7 Å². The maximum absolute atomic E-state index is 12.8. The fourth-order valence-corrected chi connectivity index (χ4v) is 3.80. The molecule has 0 aromatic heterocycles. The summed E-state index contributed by atoms with van der Waals surface area (Å²) in [5, 5.41) is 4.98. The summed E-state index contributed by atoms with van der Waals surface area (Å²) in [4.78, 5) is 24.6. The van der Waals surface area contributed by atoms with Crippen molar-refractivity contribution < 1.29 is 35.9 Å². The maximum Gasteiger partial charge on any atom is 0.501 e. The highest BCUT2D eigenvalue weighted by molar-refractivity contribution is 7.92. The molecule has 0 aliphatic carbocycles. The third kappa shape index (κ3) is 5.37. The number of nitrogens with one attached hydrogen (secondary N) is 2. The second-order valence-electron chi connectivity index (χ2n) is 6.86. The van der Waals surface area contributed by atoms with Crippen LogP contribution in [0.25, 0.3) is 0 Å². The zero-order chi connectivity index (χ0) is 24.9. The first-order valence-corrected chi connectivity index (χ1v) is 11.4. The number of halogens is 3. The molecule has 0 saturated heterocycles. The Bertz CT molecular complexity index is 1320. The largest absolute Gasteiger partial charge is 0.501 e. The minimum atomic E-state index is -5.58. The number of amides is 2. The summed E-state index contributed by atoms with van der Waals surface area (Å²) >= 11 is 0. The number of alkyl halides is 3. The van der Waals surface area contributed by atoms with Gasteiger partial charge in [0.05, 0.1) is 28.3 Å². The fourth-order valence-electron chi connectivity index (χ4n) is 2.99. The highest BCUT2D eigenvalue weighted by atomic mass is 32.2. The lowest BCUT2D eigenvalue weighted by atomic mass is 10.1. The number of rotatable bonds is 7. The van der Waals surface area contributed by atoms with E-state index in [1.807, 2.05) is 0 Å². The SMILES string of the molecule is CCOc1ccccc1C(=O)Nc1ccccc1C(=O)Nc1cccc(S(=O)(=O)C(F)(F)F)c1. The average Bonchev–Trinajstić information content (AvgIpc) is 2.79. The van der Waals surface area contributed by atoms with Gasteiger partial charge in [0.1, 0.15) is 5.75 Å². The number of carbonyl (C=O) groups excluding carboxylic acids is 2. The molecule has 2 N–H and O–H groups in total. The van der Waals surface area contributed by atoms with Gasteiger partial charge in [-0.3, -0.25) is 9.59 Å². The van der Waals surface area contributed by atoms with Crippen LogP contribution in [-0.4, -0.2) is 32.3 Å². The second-order valence-corrected chi connectivity index (χ2v) is 8.80. The molecule has 0 aliphatic rings. The molecule has 34 heavy (non-hydrogen) atoms. The van der Waals surface area contributed by atoms with Gasteiger partial charge in [-0.1, -0.05) is 30.3 Å². The number of benzene rings is 3. The highest BCUT2D eigenvalue weighted by Gasteiger charge is 2.46. The number of sulfone groups is 1. The van der Waals surface area contributed by atoms with Gasteiger partial charge in [-0.15, -0.1) is 0 Å². The van der Waals surface area contributed by atoms with Gasteiger partial charge < -0.3 is 15.4 Å². The van der Waals surface area contributed by atoms with Gasteiger partial charge in [0.2, 0.25) is 0 Å². The Hall–Kier alpha value is -3.86. The van der Waals surface area contributed by atoms with Crippen molar-refractivity contribution in [3.05, 3.63) is 83.9 Å². The lowest BCUT2D eigenvalue weighted by Crippen LogP contribution is -2.23. The lowest BCUT2D eigenvalue weighted by Gasteiger charge is -2.14. The lowest BCUT2D eigenvalue weighted by molar-refractivity contribution is -0.0436. The van der Waals surface area contributed by atoms with E-state index in [-0.39, 0.29) is 22.5 Å². The van der Waals surface area contributed by atoms with Crippen LogP contribution in [0.15, 0.2) is 77.7 Å². The minimum Gasteiger partial charge on any atom is -0.493 e. The van der Waals surface area contributed by atoms with E-state index in [0.717, 1.165) is 12.1 Å². The summed E-state index contributed by atoms with van der Waals surface area (Å²) in [6.07, 6.45) is 0. The molecular weight excluding hydrogens is 473 g/mol. The Morgan fingerprint density at radius 3 is 2.15 bits per heavy atom. The van der Waals surface area contributed by atoms with Crippen LogP contribution < -0.4 is 15.4 Å². The van der Waals surface area contributed by atoms with Gasteiger partial charge in [0.15, 0.2) is 0 Å². The molecular formula is C23H19F3N2O5S. The molecule has 0 atom stereocenters. The van der Waals surface area contributed by atoms with Gasteiger partial charge in [0, 0.05) is 5.69 Å². The van der Waals surface area contributed by atoms with E-state index in [9.17, 15) is 31.2 Å². The topological polar surface area (TPSA) is 102 Å². The number of hydrogen-bond donors (Lipinski definition) is 2. The zero-order valence-electron chi connectivity index (χ0n) is 17.7. The van der Waals surface area contributed by atoms with Crippen molar-refractivity contribution in [1.29, 1.82) is 0 Å². The third-order valence-electron chi connectivity index (χ3n) is 4.56. The van der Waals surface area contributed by atoms with Crippen molar-refractivity contribution in [1.82, 2.24) is 0 Å². The van der Waals surface area contributed by atoms with Crippen LogP contribution in [-0.2, 0) is 9.84 Å². The van der Waals surface area contributed by atoms with Crippen LogP contribution >= 0.6 is 0 Å². The van der Waals surface area contributed by atoms with Crippen LogP contribution in [0.4, 0.5) is 24.5 Å². The number of anilines is 2. The molecule has 0 unspecified atom stereocenters. The number of carbonyl (C=O) groups is 2. The van der Waals surface area contributed by atoms with Crippen LogP contribution in [0, 0.1) is 0 Å². The van der Waals surface area contributed by atoms with Gasteiger partial charge in [-0.05, 0) is 49.4 Å². The smallest absolute Gasteiger partial charge is 0.493 e. The van der Waals surface area contributed by atoms with E-state index in [1.54, 1.807) is 37.3 Å². The van der Waals surface area contributed by atoms with Gasteiger partial charge in [-0.25, -0.2) is 8.42 Å². The fraction of sp³-hybridized carbons (Fsp3) is 0.130. The molecule has 0 heterocycles. The van der Waals surface area contributed by atoms with E-state index >= 15 is 0 Å². The first-order valence-electron chi connectivity index (χ1n) is 9.89. The normalized spacial score (nSPS) is 11.5. The molecule has 3 aromatic carbocycles. The molecule has 0 fully saturated rings. The predicted octanol–water partition coefficient (Wildman–Crippen LogP) is 4.88. The van der Waals surface area contributed by atoms with E-state index in [0.29, 0.717) is 18.4 Å². The summed E-state index contributed by atoms with van der Waals surface area (Å²) in [5.41, 5.74) is -5.27. The molecule has 0 radical (unpaired) electrons. The van der Waals surface area contributed by atoms with Crippen molar-refractivity contribution >= 4 is 33.0 Å². The third-order valence-corrected chi connectivity index (χ3v) is 6.04. The number of hydrogen-bond acceptors (Lipinski definition) is 5. The average molecular weight is 492 g/mol. The minimum absolute atomic E-state index is 0.00817. The molecule has 0 aliphatic heterocycles. The summed E-state index contributed by atoms with van der Waals surface area (Å²) in [6.45, 7) is 2.11. The first-order chi connectivity index (χ1) is 16.0. The Balaban J connectivity index is 1.85. The van der Waals surface area contributed by atoms with Gasteiger partial charge in [-0.2, -0.15) is 13.2 Å². The van der Waals surface area contributed by atoms with E-state index in [4.69, 9.17) is 4.74 Å². The molecule has 0 spiro atoms. The van der Waals surface area contributed by atoms with Crippen LogP contribution in [0.5, 0.6) is 5.75 Å². The Labute approximate surface area is 193 Å². The van der Waals surface area contributed by atoms with E-state index < -0.39 is 32.1 Å². The predicted molar refractivity (Wildman–Crippen MR) is 120 cm³/mol. The van der Waals surface area contributed by atoms with Crippen LogP contribution in [0.2, 0.25) is 0 Å². The van der Waals surface area contributed by atoms with Crippen molar-refractivity contribution in [3.8, 4) is 5.75 Å². The second kappa shape index (κ2) is 9.96. The maximum atomic E-state index is 12.8. The number of para-hydroxylation sites is 2. The quantitative estimate of drug-likeness (QED) is 0.489. The molecule has 2 amide bonds. The standard InChI is InChI=1S/C23H19F3N2O5S/c1-2-33-20-13-6-4-11-18(20)22(30)28-19-12-5-3-10-17(19)21(29)27-15-8-7-9-16(14-15)34(31,32)23(24,25)26/h3-14H,2H2,1H3,(H,27,29)(H,28,30). The van der Waals surface area contributed by atoms with E-state index in [1.165, 1.54) is 24.3 Å². The zero-order valence-corrected chi connectivity index (χ0v) is 18.5. The monoisotopic (exact) mass is 492 g/mol. The van der Waals surface area contributed by atoms with Crippen molar-refractivity contribution in [2.75, 3.05) is 17.2 Å². The summed E-state index contributed by atoms with van der Waals surface area (Å²) in [7, 11) is -5.58.